The van der Waals surface area contributed by atoms with E-state index in [0.29, 0.717) is 29.3 Å². The van der Waals surface area contributed by atoms with Crippen LogP contribution in [0.1, 0.15) is 36.6 Å². The Kier molecular flexibility index (Phi) is 6.28. The van der Waals surface area contributed by atoms with E-state index in [1.807, 2.05) is 0 Å². The fraction of sp³-hybridized carbons (Fsp3) is 0.167. The van der Waals surface area contributed by atoms with Crippen LogP contribution in [0.15, 0.2) is 88.1 Å². The van der Waals surface area contributed by atoms with Gasteiger partial charge in [0.2, 0.25) is 0 Å². The van der Waals surface area contributed by atoms with Crippen LogP contribution in [0.2, 0.25) is 5.02 Å². The summed E-state index contributed by atoms with van der Waals surface area (Å²) in [5.41, 5.74) is 0.906. The van der Waals surface area contributed by atoms with Gasteiger partial charge in [-0.3, -0.25) is 24.5 Å². The molecule has 12 nitrogen and oxygen atoms in total. The maximum atomic E-state index is 13.9. The first-order valence-corrected chi connectivity index (χ1v) is 13.8. The molecule has 0 N–H and O–H groups in total. The first-order chi connectivity index (χ1) is 20.8. The highest BCUT2D eigenvalue weighted by Crippen LogP contribution is 2.44. The highest BCUT2D eigenvalue weighted by atomic mass is 35.5. The molecule has 0 bridgehead atoms. The Morgan fingerprint density at radius 2 is 1.72 bits per heavy atom. The number of halogens is 1. The predicted octanol–water partition coefficient (Wildman–Crippen LogP) is 4.45. The number of carbonyl (C=O) groups is 1. The van der Waals surface area contributed by atoms with E-state index >= 15 is 0 Å². The lowest BCUT2D eigenvalue weighted by Crippen LogP contribution is -2.37. The quantitative estimate of drug-likeness (QED) is 0.206. The van der Waals surface area contributed by atoms with E-state index in [1.54, 1.807) is 59.4 Å². The van der Waals surface area contributed by atoms with Gasteiger partial charge in [0.15, 0.2) is 5.78 Å². The average molecular weight is 597 g/mol. The topological polar surface area (TPSA) is 144 Å². The minimum absolute atomic E-state index is 0.0651. The zero-order valence-electron chi connectivity index (χ0n) is 22.3. The molecule has 1 aliphatic heterocycles. The SMILES string of the molecule is O=C1CCCC2=C1C(c1cc([N+](=O)[O-])ccc1OCc1cn(-c3ccc(Cl)cc3)nn1)n1c(=O)c3ccccc3c(=O)n12. The molecule has 1 atom stereocenters. The van der Waals surface area contributed by atoms with E-state index in [0.717, 1.165) is 5.69 Å². The smallest absolute Gasteiger partial charge is 0.277 e. The number of benzene rings is 3. The highest BCUT2D eigenvalue weighted by molar-refractivity contribution is 6.30. The second-order valence-corrected chi connectivity index (χ2v) is 10.7. The lowest BCUT2D eigenvalue weighted by Gasteiger charge is -2.21. The van der Waals surface area contributed by atoms with Crippen molar-refractivity contribution in [2.75, 3.05) is 0 Å². The van der Waals surface area contributed by atoms with Crippen molar-refractivity contribution in [3.05, 3.63) is 126 Å². The molecule has 0 saturated heterocycles. The molecule has 0 fully saturated rings. The maximum absolute atomic E-state index is 13.9. The zero-order chi connectivity index (χ0) is 29.8. The largest absolute Gasteiger partial charge is 0.487 e. The fourth-order valence-electron chi connectivity index (χ4n) is 5.78. The van der Waals surface area contributed by atoms with E-state index < -0.39 is 22.1 Å². The lowest BCUT2D eigenvalue weighted by atomic mass is 9.87. The Labute approximate surface area is 247 Å². The number of nitro benzene ring substituents is 1. The van der Waals surface area contributed by atoms with Crippen LogP contribution in [-0.2, 0) is 11.4 Å². The van der Waals surface area contributed by atoms with Gasteiger partial charge in [-0.05, 0) is 55.3 Å². The molecular weight excluding hydrogens is 576 g/mol. The normalized spacial score (nSPS) is 15.9. The third kappa shape index (κ3) is 4.34. The molecule has 5 aromatic rings. The Balaban J connectivity index is 1.36. The molecule has 43 heavy (non-hydrogen) atoms. The monoisotopic (exact) mass is 596 g/mol. The van der Waals surface area contributed by atoms with Crippen LogP contribution < -0.4 is 15.9 Å². The molecule has 3 aromatic carbocycles. The number of hydrogen-bond acceptors (Lipinski definition) is 8. The maximum Gasteiger partial charge on any atom is 0.277 e. The van der Waals surface area contributed by atoms with E-state index in [-0.39, 0.29) is 52.2 Å². The number of ether oxygens (including phenoxy) is 1. The summed E-state index contributed by atoms with van der Waals surface area (Å²) in [5.74, 6) is -0.0310. The van der Waals surface area contributed by atoms with Gasteiger partial charge in [0.05, 0.1) is 33.3 Å². The van der Waals surface area contributed by atoms with Crippen LogP contribution in [0.4, 0.5) is 5.69 Å². The van der Waals surface area contributed by atoms with Crippen molar-refractivity contribution in [3.63, 3.8) is 0 Å². The van der Waals surface area contributed by atoms with Gasteiger partial charge in [0.25, 0.3) is 16.8 Å². The van der Waals surface area contributed by atoms with Crippen molar-refractivity contribution in [3.8, 4) is 11.4 Å². The number of nitrogens with zero attached hydrogens (tertiary/aromatic N) is 6. The van der Waals surface area contributed by atoms with E-state index in [1.165, 1.54) is 27.6 Å². The van der Waals surface area contributed by atoms with Crippen molar-refractivity contribution in [2.24, 2.45) is 0 Å². The van der Waals surface area contributed by atoms with Gasteiger partial charge in [-0.15, -0.1) is 5.10 Å². The van der Waals surface area contributed by atoms with Crippen LogP contribution in [0.3, 0.4) is 0 Å². The Bertz CT molecular complexity index is 2130. The minimum atomic E-state index is -1.10. The van der Waals surface area contributed by atoms with Crippen molar-refractivity contribution in [1.29, 1.82) is 0 Å². The molecule has 7 rings (SSSR count). The Morgan fingerprint density at radius 3 is 2.47 bits per heavy atom. The van der Waals surface area contributed by atoms with E-state index in [4.69, 9.17) is 16.3 Å². The molecule has 0 spiro atoms. The molecule has 0 saturated carbocycles. The van der Waals surface area contributed by atoms with Gasteiger partial charge in [0.1, 0.15) is 24.1 Å². The van der Waals surface area contributed by atoms with Gasteiger partial charge in [-0.1, -0.05) is 28.9 Å². The molecule has 1 aliphatic carbocycles. The van der Waals surface area contributed by atoms with Crippen LogP contribution in [0, 0.1) is 10.1 Å². The van der Waals surface area contributed by atoms with Crippen molar-refractivity contribution >= 4 is 39.5 Å². The third-order valence-electron chi connectivity index (χ3n) is 7.71. The fourth-order valence-corrected chi connectivity index (χ4v) is 5.91. The lowest BCUT2D eigenvalue weighted by molar-refractivity contribution is -0.385. The number of Topliss-reactive ketones (excluding diaryl/α,β-unsaturated/α-hetero) is 1. The standard InChI is InChI=1S/C30H21ClN6O6/c31-17-8-10-19(11-9-17)34-15-18(32-33-34)16-43-26-13-12-20(37(41)42)14-23(26)28-27-24(6-3-7-25(27)38)35-29(39)21-4-1-2-5-22(21)30(40)36(28)35/h1-2,4-5,8-15,28H,3,6-7,16H2. The summed E-state index contributed by atoms with van der Waals surface area (Å²) in [7, 11) is 0. The minimum Gasteiger partial charge on any atom is -0.487 e. The summed E-state index contributed by atoms with van der Waals surface area (Å²) in [5, 5.41) is 21.1. The van der Waals surface area contributed by atoms with Gasteiger partial charge in [0, 0.05) is 34.7 Å². The van der Waals surface area contributed by atoms with Crippen molar-refractivity contribution < 1.29 is 14.5 Å². The first kappa shape index (κ1) is 26.5. The van der Waals surface area contributed by atoms with Crippen LogP contribution in [-0.4, -0.2) is 35.1 Å². The van der Waals surface area contributed by atoms with Gasteiger partial charge >= 0.3 is 0 Å². The molecule has 2 aromatic heterocycles. The number of nitro groups is 1. The predicted molar refractivity (Wildman–Crippen MR) is 156 cm³/mol. The molecule has 0 amide bonds. The van der Waals surface area contributed by atoms with Crippen LogP contribution in [0.5, 0.6) is 5.75 Å². The second-order valence-electron chi connectivity index (χ2n) is 10.3. The summed E-state index contributed by atoms with van der Waals surface area (Å²) < 4.78 is 10.2. The van der Waals surface area contributed by atoms with Crippen LogP contribution >= 0.6 is 11.6 Å². The Morgan fingerprint density at radius 1 is 0.977 bits per heavy atom. The average Bonchev–Trinajstić information content (AvgIpc) is 3.63. The third-order valence-corrected chi connectivity index (χ3v) is 7.96. The van der Waals surface area contributed by atoms with Crippen molar-refractivity contribution in [2.45, 2.75) is 31.9 Å². The van der Waals surface area contributed by atoms with Gasteiger partial charge in [-0.2, -0.15) is 0 Å². The number of aromatic nitrogens is 5. The summed E-state index contributed by atoms with van der Waals surface area (Å²) >= 11 is 5.98. The van der Waals surface area contributed by atoms with E-state index in [2.05, 4.69) is 10.3 Å². The number of allylic oxidation sites excluding steroid dienone is 2. The summed E-state index contributed by atoms with van der Waals surface area (Å²) in [6.45, 7) is -0.0651. The number of rotatable bonds is 6. The summed E-state index contributed by atoms with van der Waals surface area (Å²) in [6, 6.07) is 16.4. The molecule has 13 heteroatoms. The van der Waals surface area contributed by atoms with Crippen LogP contribution in [0.25, 0.3) is 22.2 Å². The second kappa shape index (κ2) is 10.2. The number of hydrogen-bond donors (Lipinski definition) is 0. The van der Waals surface area contributed by atoms with Crippen molar-refractivity contribution in [1.82, 2.24) is 24.4 Å². The zero-order valence-corrected chi connectivity index (χ0v) is 23.1. The molecule has 1 unspecified atom stereocenters. The molecule has 2 aliphatic rings. The Hall–Kier alpha value is -5.36. The molecule has 0 radical (unpaired) electrons. The number of ketones is 1. The number of carbonyl (C=O) groups excluding carboxylic acids is 1. The van der Waals surface area contributed by atoms with Gasteiger partial charge < -0.3 is 4.74 Å². The highest BCUT2D eigenvalue weighted by Gasteiger charge is 2.41. The molecule has 3 heterocycles. The first-order valence-electron chi connectivity index (χ1n) is 13.4. The van der Waals surface area contributed by atoms with Gasteiger partial charge in [-0.25, -0.2) is 14.0 Å². The number of non-ortho nitro benzene ring substituents is 1. The molecule has 214 valence electrons. The summed E-state index contributed by atoms with van der Waals surface area (Å²) in [6.07, 6.45) is 2.81. The summed E-state index contributed by atoms with van der Waals surface area (Å²) in [4.78, 5) is 52.3. The van der Waals surface area contributed by atoms with E-state index in [9.17, 15) is 24.5 Å². The molecular formula is C30H21ClN6O6. The number of fused-ring (bicyclic) bond motifs is 3.